The molecule has 0 saturated carbocycles. The topological polar surface area (TPSA) is 69.2 Å². The summed E-state index contributed by atoms with van der Waals surface area (Å²) in [6.45, 7) is 4.10. The predicted molar refractivity (Wildman–Crippen MR) is 64.1 cm³/mol. The van der Waals surface area contributed by atoms with Crippen molar-refractivity contribution < 1.29 is 9.31 Å². The summed E-state index contributed by atoms with van der Waals surface area (Å²) in [5, 5.41) is 10.6. The Bertz CT molecular complexity index is 407. The van der Waals surface area contributed by atoms with Crippen LogP contribution in [0.25, 0.3) is 0 Å². The number of halogens is 1. The lowest BCUT2D eigenvalue weighted by Gasteiger charge is -2.14. The van der Waals surface area contributed by atoms with Gasteiger partial charge in [0.2, 0.25) is 0 Å². The Labute approximate surface area is 99.8 Å². The largest absolute Gasteiger partial charge is 0.324 e. The molecule has 2 N–H and O–H groups in total. The molecule has 0 radical (unpaired) electrons. The van der Waals surface area contributed by atoms with Gasteiger partial charge in [0.25, 0.3) is 5.69 Å². The zero-order chi connectivity index (χ0) is 13.0. The molecule has 0 fully saturated rings. The van der Waals surface area contributed by atoms with Crippen LogP contribution < -0.4 is 5.73 Å². The average molecular weight is 240 g/mol. The molecular weight excluding hydrogens is 223 g/mol. The van der Waals surface area contributed by atoms with Crippen molar-refractivity contribution in [2.45, 2.75) is 32.7 Å². The molecule has 1 rings (SSSR count). The van der Waals surface area contributed by atoms with E-state index in [9.17, 15) is 14.5 Å². The van der Waals surface area contributed by atoms with E-state index in [4.69, 9.17) is 5.73 Å². The SMILES string of the molecule is CC(C)CC[C@H](N)c1cc([N+](=O)[O-])ccc1F. The van der Waals surface area contributed by atoms with Crippen LogP contribution >= 0.6 is 0 Å². The zero-order valence-corrected chi connectivity index (χ0v) is 10.0. The Morgan fingerprint density at radius 3 is 2.59 bits per heavy atom. The molecule has 0 bridgehead atoms. The number of nitrogens with zero attached hydrogens (tertiary/aromatic N) is 1. The maximum absolute atomic E-state index is 13.5. The van der Waals surface area contributed by atoms with Gasteiger partial charge in [0, 0.05) is 23.7 Å². The number of non-ortho nitro benzene ring substituents is 1. The summed E-state index contributed by atoms with van der Waals surface area (Å²) in [4.78, 5) is 10.1. The minimum atomic E-state index is -0.544. The number of nitro groups is 1. The first kappa shape index (κ1) is 13.6. The van der Waals surface area contributed by atoms with Gasteiger partial charge in [-0.15, -0.1) is 0 Å². The lowest BCUT2D eigenvalue weighted by molar-refractivity contribution is -0.385. The highest BCUT2D eigenvalue weighted by Crippen LogP contribution is 2.25. The fourth-order valence-corrected chi connectivity index (χ4v) is 1.60. The number of rotatable bonds is 5. The normalized spacial score (nSPS) is 12.8. The highest BCUT2D eigenvalue weighted by atomic mass is 19.1. The van der Waals surface area contributed by atoms with Crippen molar-refractivity contribution >= 4 is 5.69 Å². The molecule has 1 atom stereocenters. The molecule has 94 valence electrons. The van der Waals surface area contributed by atoms with Crippen LogP contribution in [0.4, 0.5) is 10.1 Å². The van der Waals surface area contributed by atoms with Gasteiger partial charge < -0.3 is 5.73 Å². The van der Waals surface area contributed by atoms with Crippen molar-refractivity contribution in [2.75, 3.05) is 0 Å². The third-order valence-electron chi connectivity index (χ3n) is 2.64. The summed E-state index contributed by atoms with van der Waals surface area (Å²) in [6, 6.07) is 2.98. The van der Waals surface area contributed by atoms with Gasteiger partial charge in [-0.3, -0.25) is 10.1 Å². The maximum Gasteiger partial charge on any atom is 0.269 e. The first-order valence-electron chi connectivity index (χ1n) is 5.61. The number of nitro benzene ring substituents is 1. The van der Waals surface area contributed by atoms with E-state index in [1.807, 2.05) is 0 Å². The van der Waals surface area contributed by atoms with Crippen molar-refractivity contribution in [2.24, 2.45) is 11.7 Å². The minimum Gasteiger partial charge on any atom is -0.324 e. The first-order valence-corrected chi connectivity index (χ1v) is 5.61. The number of nitrogens with two attached hydrogens (primary N) is 1. The summed E-state index contributed by atoms with van der Waals surface area (Å²) in [5.74, 6) is -0.00494. The van der Waals surface area contributed by atoms with E-state index < -0.39 is 16.8 Å². The lowest BCUT2D eigenvalue weighted by Crippen LogP contribution is -2.13. The van der Waals surface area contributed by atoms with Crippen LogP contribution in [0.3, 0.4) is 0 Å². The Morgan fingerprint density at radius 1 is 1.41 bits per heavy atom. The van der Waals surface area contributed by atoms with Crippen molar-refractivity contribution in [1.82, 2.24) is 0 Å². The van der Waals surface area contributed by atoms with E-state index >= 15 is 0 Å². The molecule has 0 saturated heterocycles. The van der Waals surface area contributed by atoms with Gasteiger partial charge >= 0.3 is 0 Å². The Hall–Kier alpha value is -1.49. The van der Waals surface area contributed by atoms with Crippen molar-refractivity contribution in [3.8, 4) is 0 Å². The number of hydrogen-bond acceptors (Lipinski definition) is 3. The summed E-state index contributed by atoms with van der Waals surface area (Å²) in [5.41, 5.74) is 5.95. The van der Waals surface area contributed by atoms with Gasteiger partial charge in [-0.05, 0) is 24.8 Å². The van der Waals surface area contributed by atoms with Gasteiger partial charge in [-0.1, -0.05) is 13.8 Å². The first-order chi connectivity index (χ1) is 7.91. The smallest absolute Gasteiger partial charge is 0.269 e. The molecule has 0 aliphatic heterocycles. The zero-order valence-electron chi connectivity index (χ0n) is 10.0. The van der Waals surface area contributed by atoms with Crippen molar-refractivity contribution in [3.05, 3.63) is 39.7 Å². The van der Waals surface area contributed by atoms with E-state index in [-0.39, 0.29) is 11.3 Å². The van der Waals surface area contributed by atoms with Crippen LogP contribution in [0.1, 0.15) is 38.3 Å². The summed E-state index contributed by atoms with van der Waals surface area (Å²) in [6.07, 6.45) is 1.49. The molecule has 1 aromatic carbocycles. The van der Waals surface area contributed by atoms with Crippen LogP contribution in [0.2, 0.25) is 0 Å². The standard InChI is InChI=1S/C12H17FN2O2/c1-8(2)3-6-12(14)10-7-9(15(16)17)4-5-11(10)13/h4-5,7-8,12H,3,6,14H2,1-2H3/t12-/m0/s1. The van der Waals surface area contributed by atoms with Gasteiger partial charge in [0.05, 0.1) is 4.92 Å². The third-order valence-corrected chi connectivity index (χ3v) is 2.64. The van der Waals surface area contributed by atoms with E-state index in [1.165, 1.54) is 6.07 Å². The molecule has 0 amide bonds. The second-order valence-electron chi connectivity index (χ2n) is 4.54. The Morgan fingerprint density at radius 2 is 2.06 bits per heavy atom. The second-order valence-corrected chi connectivity index (χ2v) is 4.54. The fraction of sp³-hybridized carbons (Fsp3) is 0.500. The van der Waals surface area contributed by atoms with Gasteiger partial charge in [0.1, 0.15) is 5.82 Å². The quantitative estimate of drug-likeness (QED) is 0.634. The van der Waals surface area contributed by atoms with E-state index in [1.54, 1.807) is 0 Å². The van der Waals surface area contributed by atoms with Crippen LogP contribution in [0.5, 0.6) is 0 Å². The number of hydrogen-bond donors (Lipinski definition) is 1. The van der Waals surface area contributed by atoms with Crippen LogP contribution in [0, 0.1) is 21.8 Å². The summed E-state index contributed by atoms with van der Waals surface area (Å²) < 4.78 is 13.5. The molecule has 1 aromatic rings. The maximum atomic E-state index is 13.5. The summed E-state index contributed by atoms with van der Waals surface area (Å²) in [7, 11) is 0. The molecule has 0 aliphatic rings. The molecule has 0 aromatic heterocycles. The Kier molecular flexibility index (Phi) is 4.57. The lowest BCUT2D eigenvalue weighted by atomic mass is 9.97. The van der Waals surface area contributed by atoms with E-state index in [0.29, 0.717) is 12.3 Å². The highest BCUT2D eigenvalue weighted by molar-refractivity contribution is 5.36. The van der Waals surface area contributed by atoms with Crippen LogP contribution in [-0.4, -0.2) is 4.92 Å². The minimum absolute atomic E-state index is 0.124. The highest BCUT2D eigenvalue weighted by Gasteiger charge is 2.16. The third kappa shape index (κ3) is 3.78. The van der Waals surface area contributed by atoms with Crippen molar-refractivity contribution in [1.29, 1.82) is 0 Å². The van der Waals surface area contributed by atoms with Crippen LogP contribution in [-0.2, 0) is 0 Å². The molecule has 5 heteroatoms. The molecule has 17 heavy (non-hydrogen) atoms. The molecular formula is C12H17FN2O2. The van der Waals surface area contributed by atoms with Gasteiger partial charge in [-0.25, -0.2) is 4.39 Å². The predicted octanol–water partition coefficient (Wildman–Crippen LogP) is 3.17. The molecule has 0 spiro atoms. The van der Waals surface area contributed by atoms with E-state index in [2.05, 4.69) is 13.8 Å². The Balaban J connectivity index is 2.87. The second kappa shape index (κ2) is 5.72. The average Bonchev–Trinajstić information content (AvgIpc) is 2.26. The number of benzene rings is 1. The molecule has 0 unspecified atom stereocenters. The molecule has 0 aliphatic carbocycles. The monoisotopic (exact) mass is 240 g/mol. The summed E-state index contributed by atoms with van der Waals surface area (Å²) >= 11 is 0. The molecule has 0 heterocycles. The molecule has 4 nitrogen and oxygen atoms in total. The van der Waals surface area contributed by atoms with Gasteiger partial charge in [-0.2, -0.15) is 0 Å². The fourth-order valence-electron chi connectivity index (χ4n) is 1.60. The van der Waals surface area contributed by atoms with Gasteiger partial charge in [0.15, 0.2) is 0 Å². The van der Waals surface area contributed by atoms with E-state index in [0.717, 1.165) is 18.6 Å². The van der Waals surface area contributed by atoms with Crippen LogP contribution in [0.15, 0.2) is 18.2 Å². The van der Waals surface area contributed by atoms with Crippen molar-refractivity contribution in [3.63, 3.8) is 0 Å².